The number of likely N-dealkylation sites (tertiary alicyclic amines) is 1. The Bertz CT molecular complexity index is 1490. The summed E-state index contributed by atoms with van der Waals surface area (Å²) in [4.78, 5) is 49.4. The Morgan fingerprint density at radius 3 is 2.10 bits per heavy atom. The maximum Gasteiger partial charge on any atom is 0.253 e. The van der Waals surface area contributed by atoms with Gasteiger partial charge in [-0.25, -0.2) is 0 Å². The summed E-state index contributed by atoms with van der Waals surface area (Å²) in [7, 11) is 1.58. The van der Waals surface area contributed by atoms with E-state index in [0.717, 1.165) is 0 Å². The smallest absolute Gasteiger partial charge is 0.253 e. The van der Waals surface area contributed by atoms with Crippen LogP contribution >= 0.6 is 0 Å². The van der Waals surface area contributed by atoms with E-state index in [0.29, 0.717) is 61.7 Å². The predicted octanol–water partition coefficient (Wildman–Crippen LogP) is 5.01. The average Bonchev–Trinajstić information content (AvgIpc) is 3.60. The summed E-state index contributed by atoms with van der Waals surface area (Å²) in [5.41, 5.74) is -0.885. The van der Waals surface area contributed by atoms with E-state index in [-0.39, 0.29) is 43.3 Å². The van der Waals surface area contributed by atoms with Gasteiger partial charge >= 0.3 is 0 Å². The van der Waals surface area contributed by atoms with Crippen molar-refractivity contribution in [1.29, 1.82) is 0 Å². The number of aliphatic hydroxyl groups is 1. The molecule has 0 saturated carbocycles. The number of nitrogens with zero attached hydrogens (tertiary/aromatic N) is 3. The van der Waals surface area contributed by atoms with Crippen molar-refractivity contribution in [1.82, 2.24) is 4.90 Å². The van der Waals surface area contributed by atoms with Crippen molar-refractivity contribution >= 4 is 29.1 Å². The van der Waals surface area contributed by atoms with Gasteiger partial charge in [-0.1, -0.05) is 19.1 Å². The van der Waals surface area contributed by atoms with Crippen LogP contribution in [-0.2, 0) is 19.1 Å². The number of carbonyl (C=O) groups excluding carboxylic acids is 3. The number of methoxy groups -OCH3 is 1. The second-order valence-corrected chi connectivity index (χ2v) is 13.1. The fraction of sp³-hybridized carbons (Fsp3) is 0.500. The molecule has 6 atom stereocenters. The summed E-state index contributed by atoms with van der Waals surface area (Å²) < 4.78 is 18.0. The van der Waals surface area contributed by atoms with Crippen molar-refractivity contribution < 1.29 is 33.7 Å². The van der Waals surface area contributed by atoms with Crippen LogP contribution in [0.25, 0.3) is 0 Å². The Morgan fingerprint density at radius 1 is 0.979 bits per heavy atom. The van der Waals surface area contributed by atoms with E-state index >= 15 is 0 Å². The molecule has 3 saturated heterocycles. The lowest BCUT2D eigenvalue weighted by Gasteiger charge is -2.39. The normalized spacial score (nSPS) is 27.0. The predicted molar refractivity (Wildman–Crippen MR) is 185 cm³/mol. The lowest BCUT2D eigenvalue weighted by molar-refractivity contribution is -0.145. The number of anilines is 2. The van der Waals surface area contributed by atoms with Gasteiger partial charge in [-0.2, -0.15) is 0 Å². The Kier molecular flexibility index (Phi) is 10.7. The van der Waals surface area contributed by atoms with Crippen LogP contribution in [0.15, 0.2) is 73.8 Å². The molecule has 0 aromatic heterocycles. The number of hydrogen-bond donors (Lipinski definition) is 1. The van der Waals surface area contributed by atoms with E-state index in [4.69, 9.17) is 14.2 Å². The van der Waals surface area contributed by atoms with Gasteiger partial charge in [0.25, 0.3) is 5.91 Å². The van der Waals surface area contributed by atoms with Crippen LogP contribution in [0.1, 0.15) is 46.5 Å². The van der Waals surface area contributed by atoms with Crippen LogP contribution < -0.4 is 19.3 Å². The molecule has 3 aliphatic heterocycles. The Labute approximate surface area is 283 Å². The molecule has 0 aliphatic carbocycles. The quantitative estimate of drug-likeness (QED) is 0.200. The second kappa shape index (κ2) is 14.5. The summed E-state index contributed by atoms with van der Waals surface area (Å²) in [5.74, 6) is -1.20. The highest BCUT2D eigenvalue weighted by Crippen LogP contribution is 2.65. The second-order valence-electron chi connectivity index (χ2n) is 13.1. The van der Waals surface area contributed by atoms with Crippen LogP contribution in [0.4, 0.5) is 11.4 Å². The zero-order valence-corrected chi connectivity index (χ0v) is 28.6. The standard InChI is InChI=1S/C38H49N3O7/c1-7-21-39(27-15-19-30(20-16-27)47-9-3)34(43)31-32-35(44)41(23-11-10-12-24-42)33(38(32)25-26(4)37(31,5)48-38)36(45)40(22-8-2)28-13-17-29(46-6)18-14-28/h7-8,13-20,26,31-33,42H,1-2,9-12,21-25H2,3-6H3/t26?,31-,32-,33?,37+,38?/m0/s1. The average molecular weight is 660 g/mol. The number of amides is 3. The first-order valence-electron chi connectivity index (χ1n) is 16.9. The van der Waals surface area contributed by atoms with Gasteiger partial charge in [-0.05, 0) is 94.0 Å². The van der Waals surface area contributed by atoms with Gasteiger partial charge < -0.3 is 34.0 Å². The van der Waals surface area contributed by atoms with Crippen LogP contribution in [0.3, 0.4) is 0 Å². The van der Waals surface area contributed by atoms with Crippen LogP contribution in [0, 0.1) is 17.8 Å². The van der Waals surface area contributed by atoms with E-state index in [9.17, 15) is 19.5 Å². The zero-order chi connectivity index (χ0) is 34.6. The molecule has 3 unspecified atom stereocenters. The lowest BCUT2D eigenvalue weighted by atomic mass is 9.62. The molecule has 3 fully saturated rings. The summed E-state index contributed by atoms with van der Waals surface area (Å²) in [6.45, 7) is 15.0. The van der Waals surface area contributed by atoms with E-state index < -0.39 is 29.1 Å². The van der Waals surface area contributed by atoms with E-state index in [1.165, 1.54) is 0 Å². The summed E-state index contributed by atoms with van der Waals surface area (Å²) in [5, 5.41) is 9.41. The fourth-order valence-corrected chi connectivity index (χ4v) is 8.08. The summed E-state index contributed by atoms with van der Waals surface area (Å²) in [6, 6.07) is 13.6. The fourth-order valence-electron chi connectivity index (χ4n) is 8.08. The molecule has 1 N–H and O–H groups in total. The Balaban J connectivity index is 1.57. The molecule has 5 rings (SSSR count). The minimum absolute atomic E-state index is 0.0493. The van der Waals surface area contributed by atoms with E-state index in [1.807, 2.05) is 57.2 Å². The molecule has 258 valence electrons. The molecule has 10 heteroatoms. The highest BCUT2D eigenvalue weighted by Gasteiger charge is 2.80. The van der Waals surface area contributed by atoms with Gasteiger partial charge in [0.15, 0.2) is 0 Å². The number of benzene rings is 2. The minimum Gasteiger partial charge on any atom is -0.497 e. The maximum atomic E-state index is 14.9. The van der Waals surface area contributed by atoms with Gasteiger partial charge in [-0.15, -0.1) is 13.2 Å². The van der Waals surface area contributed by atoms with Gasteiger partial charge in [0, 0.05) is 37.6 Å². The Hall–Kier alpha value is -4.15. The van der Waals surface area contributed by atoms with Gasteiger partial charge in [0.05, 0.1) is 31.2 Å². The van der Waals surface area contributed by atoms with Crippen molar-refractivity contribution in [2.45, 2.75) is 63.7 Å². The molecule has 3 amide bonds. The highest BCUT2D eigenvalue weighted by molar-refractivity contribution is 6.07. The first-order chi connectivity index (χ1) is 23.1. The number of carbonyl (C=O) groups is 3. The zero-order valence-electron chi connectivity index (χ0n) is 28.6. The van der Waals surface area contributed by atoms with E-state index in [1.54, 1.807) is 46.1 Å². The first-order valence-corrected chi connectivity index (χ1v) is 16.9. The molecule has 3 aliphatic rings. The third kappa shape index (κ3) is 6.00. The summed E-state index contributed by atoms with van der Waals surface area (Å²) in [6.07, 6.45) is 5.67. The lowest BCUT2D eigenvalue weighted by Crippen LogP contribution is -2.57. The largest absolute Gasteiger partial charge is 0.497 e. The third-order valence-corrected chi connectivity index (χ3v) is 10.4. The van der Waals surface area contributed by atoms with Crippen LogP contribution in [0.2, 0.25) is 0 Å². The van der Waals surface area contributed by atoms with Crippen molar-refractivity contribution in [3.05, 3.63) is 73.8 Å². The molecule has 10 nitrogen and oxygen atoms in total. The number of unbranched alkanes of at least 4 members (excludes halogenated alkanes) is 2. The Morgan fingerprint density at radius 2 is 1.56 bits per heavy atom. The van der Waals surface area contributed by atoms with Crippen molar-refractivity contribution in [2.75, 3.05) is 49.8 Å². The van der Waals surface area contributed by atoms with Crippen molar-refractivity contribution in [2.24, 2.45) is 17.8 Å². The topological polar surface area (TPSA) is 109 Å². The van der Waals surface area contributed by atoms with Crippen LogP contribution in [0.5, 0.6) is 11.5 Å². The monoisotopic (exact) mass is 659 g/mol. The molecule has 3 heterocycles. The molecule has 0 radical (unpaired) electrons. The minimum atomic E-state index is -1.20. The third-order valence-electron chi connectivity index (χ3n) is 10.4. The van der Waals surface area contributed by atoms with Gasteiger partial charge in [0.2, 0.25) is 11.8 Å². The molecular formula is C38H49N3O7. The number of hydrogen-bond acceptors (Lipinski definition) is 7. The van der Waals surface area contributed by atoms with E-state index in [2.05, 4.69) is 13.2 Å². The molecule has 2 aromatic carbocycles. The van der Waals surface area contributed by atoms with Crippen molar-refractivity contribution in [3.8, 4) is 11.5 Å². The number of rotatable bonds is 16. The first kappa shape index (κ1) is 35.2. The highest BCUT2D eigenvalue weighted by atomic mass is 16.5. The van der Waals surface area contributed by atoms with Gasteiger partial charge in [0.1, 0.15) is 23.1 Å². The van der Waals surface area contributed by atoms with Crippen LogP contribution in [-0.4, -0.2) is 84.9 Å². The molecular weight excluding hydrogens is 610 g/mol. The maximum absolute atomic E-state index is 14.9. The molecule has 2 bridgehead atoms. The molecule has 48 heavy (non-hydrogen) atoms. The number of fused-ring (bicyclic) bond motifs is 1. The number of aliphatic hydroxyl groups excluding tert-OH is 1. The molecule has 2 aromatic rings. The number of ether oxygens (including phenoxy) is 3. The SMILES string of the molecule is C=CCN(C(=O)C1N(CCCCCO)C(=O)[C@@H]2[C@@H](C(=O)N(CC=C)c3ccc(OCC)cc3)[C@]3(C)OC12CC3C)c1ccc(OC)cc1. The van der Waals surface area contributed by atoms with Crippen molar-refractivity contribution in [3.63, 3.8) is 0 Å². The molecule has 1 spiro atoms. The summed E-state index contributed by atoms with van der Waals surface area (Å²) >= 11 is 0. The van der Waals surface area contributed by atoms with Gasteiger partial charge in [-0.3, -0.25) is 14.4 Å².